The fourth-order valence-corrected chi connectivity index (χ4v) is 2.75. The lowest BCUT2D eigenvalue weighted by atomic mass is 9.84. The fourth-order valence-electron chi connectivity index (χ4n) is 2.75. The van der Waals surface area contributed by atoms with Crippen LogP contribution in [0.5, 0.6) is 0 Å². The van der Waals surface area contributed by atoms with Gasteiger partial charge in [-0.05, 0) is 25.0 Å². The number of carbonyl (C=O) groups excluding carboxylic acids is 1. The molecule has 1 aliphatic carbocycles. The van der Waals surface area contributed by atoms with Gasteiger partial charge in [-0.15, -0.1) is 0 Å². The minimum absolute atomic E-state index is 0.0760. The molecule has 110 valence electrons. The van der Waals surface area contributed by atoms with E-state index < -0.39 is 5.92 Å². The van der Waals surface area contributed by atoms with Gasteiger partial charge in [0.25, 0.3) is 0 Å². The van der Waals surface area contributed by atoms with Gasteiger partial charge in [0.1, 0.15) is 0 Å². The molecule has 0 atom stereocenters. The number of nitrogens with zero attached hydrogens (tertiary/aromatic N) is 3. The van der Waals surface area contributed by atoms with Crippen molar-refractivity contribution in [3.8, 4) is 5.69 Å². The average Bonchev–Trinajstić information content (AvgIpc) is 2.92. The van der Waals surface area contributed by atoms with Crippen molar-refractivity contribution in [1.82, 2.24) is 14.8 Å². The van der Waals surface area contributed by atoms with Gasteiger partial charge in [0, 0.05) is 37.4 Å². The quantitative estimate of drug-likeness (QED) is 0.815. The maximum Gasteiger partial charge on any atom is 0.248 e. The summed E-state index contributed by atoms with van der Waals surface area (Å²) in [4.78, 5) is 15.2. The van der Waals surface area contributed by atoms with Crippen LogP contribution in [0.2, 0.25) is 0 Å². The Morgan fingerprint density at radius 2 is 1.90 bits per heavy atom. The summed E-state index contributed by atoms with van der Waals surface area (Å²) in [6.45, 7) is 0. The Labute approximate surface area is 120 Å². The molecule has 4 nitrogen and oxygen atoms in total. The number of rotatable bonds is 3. The van der Waals surface area contributed by atoms with Crippen LogP contribution in [0.25, 0.3) is 5.69 Å². The molecule has 0 aromatic carbocycles. The topological polar surface area (TPSA) is 47.8 Å². The Kier molecular flexibility index (Phi) is 3.53. The van der Waals surface area contributed by atoms with E-state index in [0.29, 0.717) is 24.1 Å². The van der Waals surface area contributed by atoms with Crippen LogP contribution in [-0.4, -0.2) is 27.0 Å². The number of aromatic nitrogens is 3. The van der Waals surface area contributed by atoms with Crippen molar-refractivity contribution < 1.29 is 13.6 Å². The van der Waals surface area contributed by atoms with Crippen LogP contribution in [0.15, 0.2) is 30.7 Å². The van der Waals surface area contributed by atoms with Gasteiger partial charge in [-0.3, -0.25) is 9.78 Å². The summed E-state index contributed by atoms with van der Waals surface area (Å²) in [5, 5.41) is 4.44. The molecule has 1 saturated carbocycles. The van der Waals surface area contributed by atoms with E-state index >= 15 is 0 Å². The third-order valence-electron chi connectivity index (χ3n) is 3.93. The Hall–Kier alpha value is -2.11. The smallest absolute Gasteiger partial charge is 0.248 e. The minimum Gasteiger partial charge on any atom is -0.298 e. The van der Waals surface area contributed by atoms with Crippen molar-refractivity contribution in [2.75, 3.05) is 0 Å². The van der Waals surface area contributed by atoms with Crippen molar-refractivity contribution in [2.24, 2.45) is 0 Å². The number of carbonyl (C=O) groups is 1. The van der Waals surface area contributed by atoms with Gasteiger partial charge in [-0.25, -0.2) is 13.5 Å². The summed E-state index contributed by atoms with van der Waals surface area (Å²) in [7, 11) is 0. The second-order valence-corrected chi connectivity index (χ2v) is 5.37. The van der Waals surface area contributed by atoms with Crippen LogP contribution in [0.1, 0.15) is 47.7 Å². The largest absolute Gasteiger partial charge is 0.298 e. The van der Waals surface area contributed by atoms with Crippen LogP contribution in [0, 0.1) is 0 Å². The lowest BCUT2D eigenvalue weighted by Gasteiger charge is -2.27. The summed E-state index contributed by atoms with van der Waals surface area (Å²) < 4.78 is 28.1. The number of aldehydes is 1. The highest BCUT2D eigenvalue weighted by Gasteiger charge is 2.36. The van der Waals surface area contributed by atoms with Crippen LogP contribution >= 0.6 is 0 Å². The molecule has 3 rings (SSSR count). The molecule has 0 radical (unpaired) electrons. The third-order valence-corrected chi connectivity index (χ3v) is 3.93. The second kappa shape index (κ2) is 5.35. The molecule has 21 heavy (non-hydrogen) atoms. The van der Waals surface area contributed by atoms with E-state index in [-0.39, 0.29) is 18.8 Å². The molecule has 1 fully saturated rings. The molecule has 1 aliphatic rings. The summed E-state index contributed by atoms with van der Waals surface area (Å²) in [6.07, 6.45) is 6.10. The first-order valence-corrected chi connectivity index (χ1v) is 6.92. The lowest BCUT2D eigenvalue weighted by Crippen LogP contribution is -2.24. The molecule has 0 bridgehead atoms. The van der Waals surface area contributed by atoms with Crippen molar-refractivity contribution in [1.29, 1.82) is 0 Å². The molecule has 2 aromatic heterocycles. The van der Waals surface area contributed by atoms with Gasteiger partial charge in [-0.1, -0.05) is 0 Å². The SMILES string of the molecule is O=Cc1cn(-c2ccncc2)nc1C1CCC(F)(F)CC1. The van der Waals surface area contributed by atoms with Gasteiger partial charge >= 0.3 is 0 Å². The zero-order chi connectivity index (χ0) is 14.9. The van der Waals surface area contributed by atoms with E-state index in [9.17, 15) is 13.6 Å². The number of alkyl halides is 2. The van der Waals surface area contributed by atoms with Gasteiger partial charge in [-0.2, -0.15) is 5.10 Å². The molecule has 2 aromatic rings. The van der Waals surface area contributed by atoms with Crippen LogP contribution in [0.3, 0.4) is 0 Å². The Morgan fingerprint density at radius 1 is 1.24 bits per heavy atom. The molecule has 0 aliphatic heterocycles. The molecular weight excluding hydrogens is 276 g/mol. The van der Waals surface area contributed by atoms with E-state index in [4.69, 9.17) is 0 Å². The molecule has 0 unspecified atom stereocenters. The second-order valence-electron chi connectivity index (χ2n) is 5.37. The molecule has 0 spiro atoms. The third kappa shape index (κ3) is 2.84. The maximum atomic E-state index is 13.2. The first-order chi connectivity index (χ1) is 10.1. The molecule has 2 heterocycles. The molecule has 0 saturated heterocycles. The van der Waals surface area contributed by atoms with Crippen LogP contribution in [0.4, 0.5) is 8.78 Å². The highest BCUT2D eigenvalue weighted by Crippen LogP contribution is 2.41. The van der Waals surface area contributed by atoms with E-state index in [1.165, 1.54) is 0 Å². The van der Waals surface area contributed by atoms with Gasteiger partial charge in [0.2, 0.25) is 5.92 Å². The van der Waals surface area contributed by atoms with Crippen molar-refractivity contribution in [3.63, 3.8) is 0 Å². The monoisotopic (exact) mass is 291 g/mol. The summed E-state index contributed by atoms with van der Waals surface area (Å²) in [5.41, 5.74) is 1.89. The zero-order valence-corrected chi connectivity index (χ0v) is 11.4. The van der Waals surface area contributed by atoms with E-state index in [0.717, 1.165) is 12.0 Å². The average molecular weight is 291 g/mol. The predicted molar refractivity (Wildman–Crippen MR) is 72.9 cm³/mol. The number of hydrogen-bond donors (Lipinski definition) is 0. The molecule has 0 amide bonds. The summed E-state index contributed by atoms with van der Waals surface area (Å²) in [5.74, 6) is -2.65. The normalized spacial score (nSPS) is 18.6. The lowest BCUT2D eigenvalue weighted by molar-refractivity contribution is -0.0385. The van der Waals surface area contributed by atoms with Gasteiger partial charge < -0.3 is 0 Å². The van der Waals surface area contributed by atoms with Gasteiger partial charge in [0.15, 0.2) is 6.29 Å². The van der Waals surface area contributed by atoms with E-state index in [2.05, 4.69) is 10.1 Å². The Bertz CT molecular complexity index is 630. The maximum absolute atomic E-state index is 13.2. The van der Waals surface area contributed by atoms with Crippen molar-refractivity contribution in [2.45, 2.75) is 37.5 Å². The number of hydrogen-bond acceptors (Lipinski definition) is 3. The zero-order valence-electron chi connectivity index (χ0n) is 11.4. The minimum atomic E-state index is -2.58. The Balaban J connectivity index is 1.89. The molecular formula is C15H15F2N3O. The highest BCUT2D eigenvalue weighted by molar-refractivity contribution is 5.76. The Morgan fingerprint density at radius 3 is 2.52 bits per heavy atom. The van der Waals surface area contributed by atoms with Crippen LogP contribution < -0.4 is 0 Å². The van der Waals surface area contributed by atoms with Gasteiger partial charge in [0.05, 0.1) is 16.9 Å². The summed E-state index contributed by atoms with van der Waals surface area (Å²) >= 11 is 0. The molecule has 6 heteroatoms. The first-order valence-electron chi connectivity index (χ1n) is 6.92. The highest BCUT2D eigenvalue weighted by atomic mass is 19.3. The van der Waals surface area contributed by atoms with E-state index in [1.54, 1.807) is 35.4 Å². The number of pyridine rings is 1. The number of halogens is 2. The first kappa shape index (κ1) is 13.9. The summed E-state index contributed by atoms with van der Waals surface area (Å²) in [6, 6.07) is 3.56. The fraction of sp³-hybridized carbons (Fsp3) is 0.400. The van der Waals surface area contributed by atoms with Crippen molar-refractivity contribution in [3.05, 3.63) is 42.0 Å². The van der Waals surface area contributed by atoms with Crippen molar-refractivity contribution >= 4 is 6.29 Å². The van der Waals surface area contributed by atoms with E-state index in [1.807, 2.05) is 0 Å². The standard InChI is InChI=1S/C15H15F2N3O/c16-15(17)5-1-11(2-6-15)14-12(10-21)9-20(19-14)13-3-7-18-8-4-13/h3-4,7-11H,1-2,5-6H2. The molecule has 0 N–H and O–H groups in total. The predicted octanol–water partition coefficient (Wildman–Crippen LogP) is 3.37. The van der Waals surface area contributed by atoms with Crippen LogP contribution in [-0.2, 0) is 0 Å².